The minimum absolute atomic E-state index is 0.0493. The Morgan fingerprint density at radius 1 is 0.398 bits per heavy atom. The number of furan rings is 2. The number of hydrogen-bond donors (Lipinski definition) is 0. The minimum Gasteiger partial charge on any atom is -0.455 e. The summed E-state index contributed by atoms with van der Waals surface area (Å²) in [5.41, 5.74) is 19.7. The van der Waals surface area contributed by atoms with Crippen LogP contribution in [0.25, 0.3) is 105 Å². The Morgan fingerprint density at radius 3 is 1.48 bits per heavy atom. The van der Waals surface area contributed by atoms with Crippen molar-refractivity contribution in [2.24, 2.45) is 5.92 Å². The Hall–Kier alpha value is -10.0. The SMILES string of the molecule is CC(C)c1ccc(-n2c3c(c4ccccc42)C=CC(C)C3N(c2ccccc2)c2ccc3c(c2)oc2c3ccc3c2ccc2c4ccc(N(c5ccccc5)c5cccc6c7ccccc7n(-c7ccc(C(C)C)cc7)c56)cc4oc23)cc1. The van der Waals surface area contributed by atoms with E-state index in [0.717, 1.165) is 100.0 Å². The van der Waals surface area contributed by atoms with E-state index in [0.29, 0.717) is 11.8 Å². The van der Waals surface area contributed by atoms with Gasteiger partial charge >= 0.3 is 0 Å². The molecule has 15 aromatic rings. The van der Waals surface area contributed by atoms with Crippen LogP contribution in [-0.2, 0) is 0 Å². The quantitative estimate of drug-likeness (QED) is 0.137. The molecular weight excluding hydrogens is 1010 g/mol. The highest BCUT2D eigenvalue weighted by molar-refractivity contribution is 6.23. The third-order valence-electron chi connectivity index (χ3n) is 17.7. The van der Waals surface area contributed by atoms with Crippen LogP contribution in [0.4, 0.5) is 28.4 Å². The number of hydrogen-bond acceptors (Lipinski definition) is 4. The molecule has 16 rings (SSSR count). The zero-order valence-electron chi connectivity index (χ0n) is 47.1. The van der Waals surface area contributed by atoms with E-state index in [-0.39, 0.29) is 12.0 Å². The molecule has 0 radical (unpaired) electrons. The summed E-state index contributed by atoms with van der Waals surface area (Å²) in [7, 11) is 0. The summed E-state index contributed by atoms with van der Waals surface area (Å²) >= 11 is 0. The van der Waals surface area contributed by atoms with Crippen molar-refractivity contribution in [3.05, 3.63) is 265 Å². The Morgan fingerprint density at radius 2 is 0.880 bits per heavy atom. The van der Waals surface area contributed by atoms with Crippen molar-refractivity contribution >= 4 is 122 Å². The van der Waals surface area contributed by atoms with Gasteiger partial charge in [-0.05, 0) is 138 Å². The van der Waals surface area contributed by atoms with E-state index < -0.39 is 0 Å². The molecule has 0 fully saturated rings. The van der Waals surface area contributed by atoms with Crippen LogP contribution >= 0.6 is 0 Å². The van der Waals surface area contributed by atoms with Crippen LogP contribution in [0.2, 0.25) is 0 Å². The van der Waals surface area contributed by atoms with Gasteiger partial charge in [-0.2, -0.15) is 0 Å². The van der Waals surface area contributed by atoms with Gasteiger partial charge in [0.15, 0.2) is 0 Å². The standard InChI is InChI=1S/C77H60N4O2/c1-47(2)50-28-32-54(33-29-50)80-68-24-14-12-21-58(68)62-23-16-26-70(74(62)80)78(52-17-8-6-9-18-52)56-36-39-60-64-41-43-67-66(76(64)82-71(60)45-56)44-42-65-61-40-37-57(46-72(61)83-77(65)67)79(53-19-10-7-11-20-53)73-49(5)27-38-63-59-22-13-15-25-69(59)81(75(63)73)55-34-30-51(31-35-55)48(3)4/h6-49,73H,1-5H3. The van der Waals surface area contributed by atoms with E-state index in [2.05, 4.69) is 302 Å². The lowest BCUT2D eigenvalue weighted by Gasteiger charge is -2.39. The molecule has 11 aromatic carbocycles. The van der Waals surface area contributed by atoms with E-state index >= 15 is 0 Å². The molecule has 0 spiro atoms. The van der Waals surface area contributed by atoms with Gasteiger partial charge in [-0.25, -0.2) is 0 Å². The Labute approximate surface area is 481 Å². The first kappa shape index (κ1) is 48.8. The van der Waals surface area contributed by atoms with Crippen LogP contribution in [0.1, 0.15) is 74.9 Å². The molecule has 4 aromatic heterocycles. The highest BCUT2D eigenvalue weighted by Gasteiger charge is 2.36. The number of aromatic nitrogens is 2. The zero-order chi connectivity index (χ0) is 55.6. The first-order valence-corrected chi connectivity index (χ1v) is 29.2. The zero-order valence-corrected chi connectivity index (χ0v) is 47.1. The Balaban J connectivity index is 0.828. The molecule has 2 atom stereocenters. The summed E-state index contributed by atoms with van der Waals surface area (Å²) in [6.45, 7) is 11.4. The van der Waals surface area contributed by atoms with Gasteiger partial charge in [0, 0.05) is 106 Å². The number of nitrogens with zero attached hydrogens (tertiary/aromatic N) is 4. The van der Waals surface area contributed by atoms with E-state index in [1.165, 1.54) is 49.6 Å². The van der Waals surface area contributed by atoms with Crippen molar-refractivity contribution in [2.75, 3.05) is 9.80 Å². The fourth-order valence-electron chi connectivity index (χ4n) is 13.7. The summed E-state index contributed by atoms with van der Waals surface area (Å²) in [6.07, 6.45) is 4.74. The van der Waals surface area contributed by atoms with Gasteiger partial charge in [0.2, 0.25) is 0 Å². The second-order valence-corrected chi connectivity index (χ2v) is 23.3. The van der Waals surface area contributed by atoms with Crippen LogP contribution in [0.3, 0.4) is 0 Å². The predicted molar refractivity (Wildman–Crippen MR) is 348 cm³/mol. The molecule has 0 bridgehead atoms. The first-order chi connectivity index (χ1) is 40.8. The summed E-state index contributed by atoms with van der Waals surface area (Å²) in [6, 6.07) is 86.4. The fraction of sp³-hybridized carbons (Fsp3) is 0.117. The lowest BCUT2D eigenvalue weighted by atomic mass is 9.87. The molecule has 2 unspecified atom stereocenters. The van der Waals surface area contributed by atoms with Crippen molar-refractivity contribution < 1.29 is 8.83 Å². The second kappa shape index (κ2) is 19.0. The lowest BCUT2D eigenvalue weighted by molar-refractivity contribution is 0.529. The van der Waals surface area contributed by atoms with E-state index in [9.17, 15) is 0 Å². The van der Waals surface area contributed by atoms with Crippen molar-refractivity contribution in [3.63, 3.8) is 0 Å². The number of fused-ring (bicyclic) bond motifs is 15. The smallest absolute Gasteiger partial charge is 0.143 e. The molecule has 6 nitrogen and oxygen atoms in total. The van der Waals surface area contributed by atoms with Crippen LogP contribution < -0.4 is 9.80 Å². The number of anilines is 5. The highest BCUT2D eigenvalue weighted by atomic mass is 16.3. The van der Waals surface area contributed by atoms with E-state index in [4.69, 9.17) is 8.83 Å². The maximum absolute atomic E-state index is 7.14. The van der Waals surface area contributed by atoms with Crippen molar-refractivity contribution in [1.82, 2.24) is 9.13 Å². The maximum atomic E-state index is 7.14. The van der Waals surface area contributed by atoms with Gasteiger partial charge in [0.1, 0.15) is 22.3 Å². The molecule has 83 heavy (non-hydrogen) atoms. The third kappa shape index (κ3) is 7.62. The molecule has 0 amide bonds. The van der Waals surface area contributed by atoms with Crippen LogP contribution in [0, 0.1) is 5.92 Å². The predicted octanol–water partition coefficient (Wildman–Crippen LogP) is 21.9. The highest BCUT2D eigenvalue weighted by Crippen LogP contribution is 2.50. The lowest BCUT2D eigenvalue weighted by Crippen LogP contribution is -2.32. The van der Waals surface area contributed by atoms with Gasteiger partial charge < -0.3 is 27.8 Å². The molecule has 0 N–H and O–H groups in total. The average molecular weight is 1070 g/mol. The molecular formula is C77H60N4O2. The Bertz CT molecular complexity index is 5060. The monoisotopic (exact) mass is 1070 g/mol. The molecule has 4 heterocycles. The third-order valence-corrected chi connectivity index (χ3v) is 17.7. The molecule has 1 aliphatic carbocycles. The van der Waals surface area contributed by atoms with E-state index in [1.807, 2.05) is 0 Å². The maximum Gasteiger partial charge on any atom is 0.143 e. The molecule has 1 aliphatic rings. The molecule has 0 saturated heterocycles. The largest absolute Gasteiger partial charge is 0.455 e. The summed E-state index contributed by atoms with van der Waals surface area (Å²) in [5, 5.41) is 9.97. The molecule has 6 heteroatoms. The first-order valence-electron chi connectivity index (χ1n) is 29.2. The van der Waals surface area contributed by atoms with Crippen molar-refractivity contribution in [1.29, 1.82) is 0 Å². The average Bonchev–Trinajstić information content (AvgIpc) is 3.76. The normalized spacial score (nSPS) is 14.5. The van der Waals surface area contributed by atoms with Crippen molar-refractivity contribution in [3.8, 4) is 11.4 Å². The molecule has 400 valence electrons. The summed E-state index contributed by atoms with van der Waals surface area (Å²) in [5.74, 6) is 1.05. The molecule has 0 aliphatic heterocycles. The number of para-hydroxylation sites is 5. The topological polar surface area (TPSA) is 42.6 Å². The van der Waals surface area contributed by atoms with Crippen molar-refractivity contribution in [2.45, 2.75) is 52.5 Å². The van der Waals surface area contributed by atoms with E-state index in [1.54, 1.807) is 0 Å². The number of rotatable bonds is 10. The van der Waals surface area contributed by atoms with Crippen LogP contribution in [0.5, 0.6) is 0 Å². The van der Waals surface area contributed by atoms with Gasteiger partial charge in [-0.3, -0.25) is 0 Å². The molecule has 0 saturated carbocycles. The number of benzene rings is 11. The van der Waals surface area contributed by atoms with Crippen LogP contribution in [-0.4, -0.2) is 9.13 Å². The van der Waals surface area contributed by atoms with Gasteiger partial charge in [0.25, 0.3) is 0 Å². The van der Waals surface area contributed by atoms with Crippen LogP contribution in [0.15, 0.2) is 251 Å². The summed E-state index contributed by atoms with van der Waals surface area (Å²) in [4.78, 5) is 4.91. The van der Waals surface area contributed by atoms with Gasteiger partial charge in [0.05, 0.1) is 34.0 Å². The van der Waals surface area contributed by atoms with Gasteiger partial charge in [-0.15, -0.1) is 0 Å². The fourth-order valence-corrected chi connectivity index (χ4v) is 13.7. The van der Waals surface area contributed by atoms with Gasteiger partial charge in [-0.1, -0.05) is 156 Å². The minimum atomic E-state index is -0.0493. The Kier molecular flexibility index (Phi) is 11.2. The second-order valence-electron chi connectivity index (χ2n) is 23.3. The summed E-state index contributed by atoms with van der Waals surface area (Å²) < 4.78 is 19.2.